The van der Waals surface area contributed by atoms with Gasteiger partial charge in [0.25, 0.3) is 5.56 Å². The molecule has 4 aliphatic rings. The molecule has 0 unspecified atom stereocenters. The average molecular weight is 695 g/mol. The lowest BCUT2D eigenvalue weighted by Crippen LogP contribution is -2.56. The monoisotopic (exact) mass is 694 g/mol. The molecule has 13 nitrogen and oxygen atoms in total. The molecule has 0 aromatic carbocycles. The molecule has 1 saturated carbocycles. The zero-order valence-electron chi connectivity index (χ0n) is 28.4. The van der Waals surface area contributed by atoms with E-state index in [0.29, 0.717) is 18.4 Å². The van der Waals surface area contributed by atoms with Gasteiger partial charge in [0.2, 0.25) is 11.8 Å². The Hall–Kier alpha value is -4.20. The second-order valence-electron chi connectivity index (χ2n) is 14.6. The van der Waals surface area contributed by atoms with Gasteiger partial charge in [-0.1, -0.05) is 25.0 Å². The van der Waals surface area contributed by atoms with Gasteiger partial charge < -0.3 is 30.3 Å². The van der Waals surface area contributed by atoms with Gasteiger partial charge in [-0.25, -0.2) is 14.3 Å². The highest BCUT2D eigenvalue weighted by Gasteiger charge is 2.61. The van der Waals surface area contributed by atoms with Gasteiger partial charge in [-0.05, 0) is 76.1 Å². The Morgan fingerprint density at radius 3 is 2.59 bits per heavy atom. The van der Waals surface area contributed by atoms with E-state index in [4.69, 9.17) is 4.74 Å². The Bertz CT molecular complexity index is 1660. The SMILES string of the molecule is CC(C)(C)OC(=O)N[C@H]1CCCCC/C=C\[C@H]2C[C@@]2(C(=O)O)NC(=O)[C@@H]2C[C@H](n3ncc(N4CCCC4)c(-c4ccsc4)c3=O)CN2C1=O. The largest absolute Gasteiger partial charge is 0.479 e. The number of nitrogens with one attached hydrogen (secondary N) is 2. The molecule has 1 aliphatic carbocycles. The summed E-state index contributed by atoms with van der Waals surface area (Å²) in [5.74, 6) is -2.59. The molecule has 3 N–H and O–H groups in total. The minimum absolute atomic E-state index is 0.0220. The van der Waals surface area contributed by atoms with Crippen LogP contribution in [-0.2, 0) is 19.1 Å². The first-order valence-corrected chi connectivity index (χ1v) is 18.2. The van der Waals surface area contributed by atoms with Crippen LogP contribution in [0.2, 0.25) is 0 Å². The maximum absolute atomic E-state index is 14.4. The number of carbonyl (C=O) groups excluding carboxylic acids is 3. The Morgan fingerprint density at radius 1 is 1.12 bits per heavy atom. The summed E-state index contributed by atoms with van der Waals surface area (Å²) in [5, 5.41) is 24.2. The number of anilines is 1. The minimum atomic E-state index is -1.46. The maximum Gasteiger partial charge on any atom is 0.408 e. The maximum atomic E-state index is 14.4. The summed E-state index contributed by atoms with van der Waals surface area (Å²) >= 11 is 1.49. The highest BCUT2D eigenvalue weighted by molar-refractivity contribution is 7.08. The molecule has 2 saturated heterocycles. The van der Waals surface area contributed by atoms with Crippen molar-refractivity contribution < 1.29 is 29.0 Å². The molecule has 5 heterocycles. The fourth-order valence-corrected chi connectivity index (χ4v) is 7.95. The molecule has 2 aromatic heterocycles. The van der Waals surface area contributed by atoms with Gasteiger partial charge >= 0.3 is 12.1 Å². The number of hydrogen-bond donors (Lipinski definition) is 3. The third-order valence-corrected chi connectivity index (χ3v) is 10.6. The summed E-state index contributed by atoms with van der Waals surface area (Å²) in [6, 6.07) is -0.854. The van der Waals surface area contributed by atoms with E-state index in [1.165, 1.54) is 20.9 Å². The van der Waals surface area contributed by atoms with E-state index in [9.17, 15) is 29.1 Å². The number of allylic oxidation sites excluding steroid dienone is 1. The number of nitrogens with zero attached hydrogens (tertiary/aromatic N) is 4. The van der Waals surface area contributed by atoms with Crippen LogP contribution in [0.15, 0.2) is 40.0 Å². The average Bonchev–Trinajstić information content (AvgIpc) is 3.56. The van der Waals surface area contributed by atoms with Crippen LogP contribution in [0.4, 0.5) is 10.5 Å². The van der Waals surface area contributed by atoms with Crippen molar-refractivity contribution in [2.75, 3.05) is 24.5 Å². The van der Waals surface area contributed by atoms with Crippen molar-refractivity contribution in [3.63, 3.8) is 0 Å². The third kappa shape index (κ3) is 7.38. The van der Waals surface area contributed by atoms with Crippen molar-refractivity contribution in [2.45, 2.75) is 108 Å². The predicted octanol–water partition coefficient (Wildman–Crippen LogP) is 4.09. The second-order valence-corrected chi connectivity index (χ2v) is 15.4. The fourth-order valence-electron chi connectivity index (χ4n) is 7.30. The van der Waals surface area contributed by atoms with E-state index in [1.807, 2.05) is 29.0 Å². The van der Waals surface area contributed by atoms with Gasteiger partial charge in [0, 0.05) is 37.5 Å². The van der Waals surface area contributed by atoms with Crippen molar-refractivity contribution in [2.24, 2.45) is 5.92 Å². The number of amides is 3. The van der Waals surface area contributed by atoms with E-state index < -0.39 is 53.1 Å². The van der Waals surface area contributed by atoms with E-state index in [0.717, 1.165) is 56.4 Å². The summed E-state index contributed by atoms with van der Waals surface area (Å²) in [6.07, 6.45) is 10.4. The number of alkyl carbamates (subject to hydrolysis) is 1. The first-order valence-electron chi connectivity index (χ1n) is 17.3. The zero-order chi connectivity index (χ0) is 34.9. The van der Waals surface area contributed by atoms with Crippen molar-refractivity contribution in [3.05, 3.63) is 45.5 Å². The Morgan fingerprint density at radius 2 is 1.90 bits per heavy atom. The normalized spacial score (nSPS) is 28.5. The van der Waals surface area contributed by atoms with Crippen LogP contribution in [-0.4, -0.2) is 86.5 Å². The van der Waals surface area contributed by atoms with Gasteiger partial charge in [0.1, 0.15) is 23.2 Å². The van der Waals surface area contributed by atoms with Gasteiger partial charge in [0.15, 0.2) is 0 Å². The number of thiophene rings is 1. The zero-order valence-corrected chi connectivity index (χ0v) is 29.2. The third-order valence-electron chi connectivity index (χ3n) is 9.91. The van der Waals surface area contributed by atoms with E-state index in [-0.39, 0.29) is 30.9 Å². The Labute approximate surface area is 289 Å². The van der Waals surface area contributed by atoms with Crippen molar-refractivity contribution in [1.29, 1.82) is 0 Å². The first-order chi connectivity index (χ1) is 23.4. The van der Waals surface area contributed by atoms with Gasteiger partial charge in [-0.15, -0.1) is 0 Å². The topological polar surface area (TPSA) is 163 Å². The van der Waals surface area contributed by atoms with Crippen LogP contribution in [0.3, 0.4) is 0 Å². The minimum Gasteiger partial charge on any atom is -0.479 e. The number of carbonyl (C=O) groups is 4. The second kappa shape index (κ2) is 14.0. The van der Waals surface area contributed by atoms with Gasteiger partial charge in [-0.2, -0.15) is 16.4 Å². The highest BCUT2D eigenvalue weighted by Crippen LogP contribution is 2.45. The lowest BCUT2D eigenvalue weighted by atomic mass is 10.0. The Kier molecular flexibility index (Phi) is 9.88. The molecule has 0 spiro atoms. The summed E-state index contributed by atoms with van der Waals surface area (Å²) in [6.45, 7) is 6.82. The number of carboxylic acid groups (broad SMARTS) is 1. The smallest absolute Gasteiger partial charge is 0.408 e. The van der Waals surface area contributed by atoms with Crippen LogP contribution < -0.4 is 21.1 Å². The van der Waals surface area contributed by atoms with Crippen LogP contribution >= 0.6 is 11.3 Å². The quantitative estimate of drug-likeness (QED) is 0.392. The Balaban J connectivity index is 1.36. The van der Waals surface area contributed by atoms with E-state index >= 15 is 0 Å². The van der Waals surface area contributed by atoms with Crippen LogP contribution in [0.5, 0.6) is 0 Å². The number of hydrogen-bond acceptors (Lipinski definition) is 9. The molecule has 0 bridgehead atoms. The molecule has 0 radical (unpaired) electrons. The van der Waals surface area contributed by atoms with E-state index in [2.05, 4.69) is 20.6 Å². The standard InChI is InChI=1S/C35H46N6O7S/c1-34(2,3)48-33(47)37-25-12-8-6-4-5-7-11-23-18-35(23,32(45)46)38-29(42)26-17-24(20-40(26)30(25)43)41-31(44)28(22-13-16-49-21-22)27(19-36-41)39-14-9-10-15-39/h7,11,13,16,19,21,23-26H,4-6,8-10,12,14-15,17-18,20H2,1-3H3,(H,37,47)(H,38,42)(H,45,46)/b11-7-/t23-,24-,25-,26-,35+/m0/s1. The van der Waals surface area contributed by atoms with Gasteiger partial charge in [-0.3, -0.25) is 14.4 Å². The number of ether oxygens (including phenoxy) is 1. The molecule has 2 aromatic rings. The molecular formula is C35H46N6O7S. The van der Waals surface area contributed by atoms with Crippen LogP contribution in [0.25, 0.3) is 11.1 Å². The summed E-state index contributed by atoms with van der Waals surface area (Å²) < 4.78 is 6.85. The van der Waals surface area contributed by atoms with Crippen LogP contribution in [0, 0.1) is 5.92 Å². The number of aromatic nitrogens is 2. The summed E-state index contributed by atoms with van der Waals surface area (Å²) in [7, 11) is 0. The lowest BCUT2D eigenvalue weighted by Gasteiger charge is -2.30. The number of carboxylic acids is 1. The predicted molar refractivity (Wildman–Crippen MR) is 184 cm³/mol. The fraction of sp³-hybridized carbons (Fsp3) is 0.600. The van der Waals surface area contributed by atoms with E-state index in [1.54, 1.807) is 27.0 Å². The molecule has 6 rings (SSSR count). The highest BCUT2D eigenvalue weighted by atomic mass is 32.1. The van der Waals surface area contributed by atoms with Crippen LogP contribution in [0.1, 0.15) is 84.6 Å². The molecule has 5 atom stereocenters. The molecule has 49 heavy (non-hydrogen) atoms. The van der Waals surface area contributed by atoms with Crippen molar-refractivity contribution in [1.82, 2.24) is 25.3 Å². The number of rotatable bonds is 5. The summed E-state index contributed by atoms with van der Waals surface area (Å²) in [4.78, 5) is 71.7. The summed E-state index contributed by atoms with van der Waals surface area (Å²) in [5.41, 5.74) is -0.501. The molecular weight excluding hydrogens is 648 g/mol. The molecule has 3 fully saturated rings. The lowest BCUT2D eigenvalue weighted by molar-refractivity contribution is -0.145. The number of aliphatic carboxylic acids is 1. The molecule has 264 valence electrons. The van der Waals surface area contributed by atoms with Crippen molar-refractivity contribution >= 4 is 40.9 Å². The number of fused-ring (bicyclic) bond motifs is 2. The molecule has 3 amide bonds. The molecule has 14 heteroatoms. The first kappa shape index (κ1) is 34.7. The van der Waals surface area contributed by atoms with Gasteiger partial charge in [0.05, 0.1) is 23.5 Å². The molecule has 3 aliphatic heterocycles. The van der Waals surface area contributed by atoms with Crippen molar-refractivity contribution in [3.8, 4) is 11.1 Å².